The molecule has 0 radical (unpaired) electrons. The zero-order valence-corrected chi connectivity index (χ0v) is 9.37. The average molecular weight is 242 g/mol. The maximum Gasteiger partial charge on any atom is 0.339 e. The molecule has 0 bridgehead atoms. The number of nitrogens with zero attached hydrogens (tertiary/aromatic N) is 2. The summed E-state index contributed by atoms with van der Waals surface area (Å²) in [5.41, 5.74) is 0.848. The topological polar surface area (TPSA) is 65.5 Å². The molecule has 5 nitrogen and oxygen atoms in total. The fraction of sp³-hybridized carbons (Fsp3) is 0.400. The monoisotopic (exact) mass is 241 g/mol. The van der Waals surface area contributed by atoms with Gasteiger partial charge in [-0.15, -0.1) is 0 Å². The lowest BCUT2D eigenvalue weighted by molar-refractivity contribution is 0.0697. The molecule has 1 aliphatic heterocycles. The minimum Gasteiger partial charge on any atom is -0.478 e. The summed E-state index contributed by atoms with van der Waals surface area (Å²) in [6.07, 6.45) is 1.31. The first-order valence-corrected chi connectivity index (χ1v) is 5.41. The third-order valence-corrected chi connectivity index (χ3v) is 2.74. The zero-order valence-electron chi connectivity index (χ0n) is 8.61. The number of aromatic carboxylic acids is 1. The molecule has 0 spiro atoms. The molecule has 1 aromatic heterocycles. The largest absolute Gasteiger partial charge is 0.478 e. The van der Waals surface area contributed by atoms with E-state index in [4.69, 9.17) is 16.7 Å². The van der Waals surface area contributed by atoms with E-state index in [1.807, 2.05) is 4.90 Å². The number of hydrogen-bond donors (Lipinski definition) is 2. The zero-order chi connectivity index (χ0) is 11.5. The summed E-state index contributed by atoms with van der Waals surface area (Å²) in [4.78, 5) is 16.9. The van der Waals surface area contributed by atoms with E-state index in [9.17, 15) is 4.79 Å². The van der Waals surface area contributed by atoms with Crippen molar-refractivity contribution in [2.75, 3.05) is 31.1 Å². The number of rotatable bonds is 2. The lowest BCUT2D eigenvalue weighted by Gasteiger charge is -2.30. The fourth-order valence-corrected chi connectivity index (χ4v) is 1.90. The Morgan fingerprint density at radius 2 is 2.19 bits per heavy atom. The van der Waals surface area contributed by atoms with Gasteiger partial charge in [-0.2, -0.15) is 0 Å². The maximum absolute atomic E-state index is 11.1. The Kier molecular flexibility index (Phi) is 3.26. The Bertz CT molecular complexity index is 405. The summed E-state index contributed by atoms with van der Waals surface area (Å²) in [5.74, 6) is -0.974. The van der Waals surface area contributed by atoms with E-state index in [2.05, 4.69) is 10.3 Å². The van der Waals surface area contributed by atoms with Crippen LogP contribution in [0.4, 0.5) is 5.69 Å². The molecule has 86 valence electrons. The second-order valence-corrected chi connectivity index (χ2v) is 3.95. The number of anilines is 1. The number of halogens is 1. The minimum absolute atomic E-state index is 0.200. The van der Waals surface area contributed by atoms with Gasteiger partial charge in [-0.1, -0.05) is 11.6 Å². The molecule has 16 heavy (non-hydrogen) atoms. The highest BCUT2D eigenvalue weighted by Crippen LogP contribution is 2.23. The van der Waals surface area contributed by atoms with E-state index in [1.165, 1.54) is 6.20 Å². The van der Waals surface area contributed by atoms with Gasteiger partial charge in [-0.05, 0) is 6.07 Å². The van der Waals surface area contributed by atoms with Crippen LogP contribution in [-0.4, -0.2) is 42.2 Å². The second-order valence-electron chi connectivity index (χ2n) is 3.57. The molecule has 1 aromatic rings. The second kappa shape index (κ2) is 4.67. The van der Waals surface area contributed by atoms with Gasteiger partial charge in [0.2, 0.25) is 0 Å². The van der Waals surface area contributed by atoms with Gasteiger partial charge in [0.05, 0.1) is 5.69 Å². The van der Waals surface area contributed by atoms with Crippen LogP contribution in [0.3, 0.4) is 0 Å². The molecule has 0 unspecified atom stereocenters. The van der Waals surface area contributed by atoms with Crippen LogP contribution in [-0.2, 0) is 0 Å². The summed E-state index contributed by atoms with van der Waals surface area (Å²) < 4.78 is 0. The Hall–Kier alpha value is -1.33. The number of aromatic nitrogens is 1. The van der Waals surface area contributed by atoms with Crippen molar-refractivity contribution >= 4 is 23.3 Å². The van der Waals surface area contributed by atoms with Crippen molar-refractivity contribution < 1.29 is 9.90 Å². The molecule has 2 N–H and O–H groups in total. The first-order chi connectivity index (χ1) is 7.68. The molecule has 0 atom stereocenters. The standard InChI is InChI=1S/C10H12ClN3O2/c11-9-5-8(7(6-13-9)10(15)16)14-3-1-12-2-4-14/h5-6,12H,1-4H2,(H,15,16). The lowest BCUT2D eigenvalue weighted by atomic mass is 10.2. The van der Waals surface area contributed by atoms with Crippen LogP contribution in [0.1, 0.15) is 10.4 Å². The van der Waals surface area contributed by atoms with Gasteiger partial charge in [-0.3, -0.25) is 0 Å². The van der Waals surface area contributed by atoms with Crippen molar-refractivity contribution in [2.24, 2.45) is 0 Å². The van der Waals surface area contributed by atoms with Gasteiger partial charge in [0.1, 0.15) is 10.7 Å². The molecular formula is C10H12ClN3O2. The van der Waals surface area contributed by atoms with Crippen LogP contribution in [0.2, 0.25) is 5.15 Å². The van der Waals surface area contributed by atoms with Gasteiger partial charge in [0, 0.05) is 32.4 Å². The summed E-state index contributed by atoms with van der Waals surface area (Å²) in [5, 5.41) is 12.6. The van der Waals surface area contributed by atoms with Crippen molar-refractivity contribution in [1.82, 2.24) is 10.3 Å². The summed E-state index contributed by atoms with van der Waals surface area (Å²) >= 11 is 5.79. The summed E-state index contributed by atoms with van der Waals surface area (Å²) in [7, 11) is 0. The first-order valence-electron chi connectivity index (χ1n) is 5.03. The van der Waals surface area contributed by atoms with Crippen LogP contribution >= 0.6 is 11.6 Å². The van der Waals surface area contributed by atoms with Crippen LogP contribution in [0.5, 0.6) is 0 Å². The molecule has 2 rings (SSSR count). The van der Waals surface area contributed by atoms with Crippen molar-refractivity contribution in [3.05, 3.63) is 23.0 Å². The van der Waals surface area contributed by atoms with E-state index in [-0.39, 0.29) is 5.56 Å². The Morgan fingerprint density at radius 3 is 2.81 bits per heavy atom. The molecule has 1 fully saturated rings. The molecule has 1 aliphatic rings. The number of carbonyl (C=O) groups is 1. The SMILES string of the molecule is O=C(O)c1cnc(Cl)cc1N1CCNCC1. The highest BCUT2D eigenvalue weighted by Gasteiger charge is 2.18. The third-order valence-electron chi connectivity index (χ3n) is 2.54. The molecule has 0 saturated carbocycles. The lowest BCUT2D eigenvalue weighted by Crippen LogP contribution is -2.44. The average Bonchev–Trinajstić information content (AvgIpc) is 2.29. The van der Waals surface area contributed by atoms with Gasteiger partial charge in [-0.25, -0.2) is 9.78 Å². The summed E-state index contributed by atoms with van der Waals surface area (Å²) in [6.45, 7) is 3.25. The third kappa shape index (κ3) is 2.25. The number of hydrogen-bond acceptors (Lipinski definition) is 4. The van der Waals surface area contributed by atoms with Crippen molar-refractivity contribution in [3.8, 4) is 0 Å². The molecule has 0 aliphatic carbocycles. The van der Waals surface area contributed by atoms with Crippen LogP contribution in [0.25, 0.3) is 0 Å². The predicted molar refractivity (Wildman–Crippen MR) is 61.3 cm³/mol. The van der Waals surface area contributed by atoms with Crippen molar-refractivity contribution in [2.45, 2.75) is 0 Å². The van der Waals surface area contributed by atoms with Crippen molar-refractivity contribution in [3.63, 3.8) is 0 Å². The van der Waals surface area contributed by atoms with Gasteiger partial charge >= 0.3 is 5.97 Å². The predicted octanol–water partition coefficient (Wildman–Crippen LogP) is 0.843. The normalized spacial score (nSPS) is 16.2. The first kappa shape index (κ1) is 11.2. The number of nitrogens with one attached hydrogen (secondary N) is 1. The molecule has 0 aromatic carbocycles. The Morgan fingerprint density at radius 1 is 1.50 bits per heavy atom. The van der Waals surface area contributed by atoms with Crippen molar-refractivity contribution in [1.29, 1.82) is 0 Å². The smallest absolute Gasteiger partial charge is 0.339 e. The quantitative estimate of drug-likeness (QED) is 0.752. The molecular weight excluding hydrogens is 230 g/mol. The highest BCUT2D eigenvalue weighted by atomic mass is 35.5. The van der Waals surface area contributed by atoms with Gasteiger partial charge in [0.25, 0.3) is 0 Å². The number of piperazine rings is 1. The summed E-state index contributed by atoms with van der Waals surface area (Å²) in [6, 6.07) is 1.61. The minimum atomic E-state index is -0.974. The Labute approximate surface area is 98.0 Å². The van der Waals surface area contributed by atoms with Crippen LogP contribution < -0.4 is 10.2 Å². The van der Waals surface area contributed by atoms with E-state index >= 15 is 0 Å². The number of carboxylic acid groups (broad SMARTS) is 1. The fourth-order valence-electron chi connectivity index (χ4n) is 1.75. The number of carboxylic acids is 1. The molecule has 2 heterocycles. The van der Waals surface area contributed by atoms with E-state index in [0.29, 0.717) is 10.8 Å². The highest BCUT2D eigenvalue weighted by molar-refractivity contribution is 6.29. The molecule has 1 saturated heterocycles. The van der Waals surface area contributed by atoms with Crippen LogP contribution in [0, 0.1) is 0 Å². The van der Waals surface area contributed by atoms with E-state index in [0.717, 1.165) is 26.2 Å². The molecule has 0 amide bonds. The Balaban J connectivity index is 2.36. The number of pyridine rings is 1. The maximum atomic E-state index is 11.1. The van der Waals surface area contributed by atoms with Crippen LogP contribution in [0.15, 0.2) is 12.3 Å². The van der Waals surface area contributed by atoms with E-state index < -0.39 is 5.97 Å². The molecule has 6 heteroatoms. The van der Waals surface area contributed by atoms with Gasteiger partial charge in [0.15, 0.2) is 0 Å². The van der Waals surface area contributed by atoms with E-state index in [1.54, 1.807) is 6.07 Å². The van der Waals surface area contributed by atoms with Gasteiger partial charge < -0.3 is 15.3 Å².